The van der Waals surface area contributed by atoms with Gasteiger partial charge in [0.2, 0.25) is 11.8 Å². The molecule has 0 rings (SSSR count). The summed E-state index contributed by atoms with van der Waals surface area (Å²) in [5.74, 6) is -0.250. The topological polar surface area (TPSA) is 49.4 Å². The molecule has 5 heteroatoms. The van der Waals surface area contributed by atoms with Crippen LogP contribution in [0.1, 0.15) is 6.92 Å². The van der Waals surface area contributed by atoms with Crippen LogP contribution in [0, 0.1) is 0 Å². The Morgan fingerprint density at radius 1 is 1.50 bits per heavy atom. The minimum atomic E-state index is -0.173. The van der Waals surface area contributed by atoms with Gasteiger partial charge in [-0.1, -0.05) is 15.9 Å². The molecule has 0 aromatic heterocycles. The van der Waals surface area contributed by atoms with E-state index in [4.69, 9.17) is 0 Å². The lowest BCUT2D eigenvalue weighted by atomic mass is 10.5. The number of rotatable bonds is 4. The van der Waals surface area contributed by atoms with Gasteiger partial charge in [0.1, 0.15) is 0 Å². The summed E-state index contributed by atoms with van der Waals surface area (Å²) in [6.07, 6.45) is 0. The number of hydrogen-bond acceptors (Lipinski definition) is 2. The molecule has 0 unspecified atom stereocenters. The molecule has 0 aliphatic heterocycles. The van der Waals surface area contributed by atoms with E-state index in [2.05, 4.69) is 21.2 Å². The quantitative estimate of drug-likeness (QED) is 0.698. The molecular formula is C7H13BrN2O2. The fourth-order valence-corrected chi connectivity index (χ4v) is 0.731. The molecule has 0 saturated carbocycles. The SMILES string of the molecule is CCN(C)C(=O)CNC(=O)CBr. The van der Waals surface area contributed by atoms with Gasteiger partial charge in [0.25, 0.3) is 0 Å². The Balaban J connectivity index is 3.64. The van der Waals surface area contributed by atoms with Crippen LogP contribution < -0.4 is 5.32 Å². The largest absolute Gasteiger partial charge is 0.346 e. The molecule has 0 aromatic carbocycles. The Morgan fingerprint density at radius 2 is 2.08 bits per heavy atom. The normalized spacial score (nSPS) is 9.25. The first-order chi connectivity index (χ1) is 5.61. The first-order valence-electron chi connectivity index (χ1n) is 3.68. The second-order valence-corrected chi connectivity index (χ2v) is 2.88. The number of carbonyl (C=O) groups excluding carboxylic acids is 2. The van der Waals surface area contributed by atoms with Crippen LogP contribution in [0.15, 0.2) is 0 Å². The van der Waals surface area contributed by atoms with E-state index in [9.17, 15) is 9.59 Å². The molecule has 0 aromatic rings. The van der Waals surface area contributed by atoms with Crippen LogP contribution in [0.25, 0.3) is 0 Å². The highest BCUT2D eigenvalue weighted by Crippen LogP contribution is 1.83. The first-order valence-corrected chi connectivity index (χ1v) is 4.80. The van der Waals surface area contributed by atoms with Crippen LogP contribution in [0.2, 0.25) is 0 Å². The fourth-order valence-electron chi connectivity index (χ4n) is 0.533. The Bertz CT molecular complexity index is 173. The van der Waals surface area contributed by atoms with Crippen molar-refractivity contribution >= 4 is 27.7 Å². The van der Waals surface area contributed by atoms with Crippen molar-refractivity contribution in [3.8, 4) is 0 Å². The van der Waals surface area contributed by atoms with Crippen molar-refractivity contribution in [2.24, 2.45) is 0 Å². The Hall–Kier alpha value is -0.580. The third-order valence-corrected chi connectivity index (χ3v) is 1.97. The van der Waals surface area contributed by atoms with Crippen molar-refractivity contribution < 1.29 is 9.59 Å². The van der Waals surface area contributed by atoms with E-state index in [0.717, 1.165) is 0 Å². The maximum absolute atomic E-state index is 11.1. The number of nitrogens with one attached hydrogen (secondary N) is 1. The van der Waals surface area contributed by atoms with Crippen LogP contribution >= 0.6 is 15.9 Å². The van der Waals surface area contributed by atoms with Crippen LogP contribution in [0.5, 0.6) is 0 Å². The lowest BCUT2D eigenvalue weighted by molar-refractivity contribution is -0.131. The fraction of sp³-hybridized carbons (Fsp3) is 0.714. The van der Waals surface area contributed by atoms with Crippen LogP contribution in [-0.4, -0.2) is 42.2 Å². The van der Waals surface area contributed by atoms with Crippen LogP contribution in [0.3, 0.4) is 0 Å². The van der Waals surface area contributed by atoms with Gasteiger partial charge in [-0.2, -0.15) is 0 Å². The van der Waals surface area contributed by atoms with E-state index < -0.39 is 0 Å². The van der Waals surface area contributed by atoms with Crippen molar-refractivity contribution in [3.05, 3.63) is 0 Å². The minimum absolute atomic E-state index is 0.0770. The summed E-state index contributed by atoms with van der Waals surface area (Å²) in [7, 11) is 1.70. The molecule has 2 amide bonds. The summed E-state index contributed by atoms with van der Waals surface area (Å²) < 4.78 is 0. The van der Waals surface area contributed by atoms with E-state index in [1.165, 1.54) is 0 Å². The van der Waals surface area contributed by atoms with Gasteiger partial charge in [-0.05, 0) is 6.92 Å². The lowest BCUT2D eigenvalue weighted by Crippen LogP contribution is -2.38. The Morgan fingerprint density at radius 3 is 2.50 bits per heavy atom. The molecule has 12 heavy (non-hydrogen) atoms. The number of amides is 2. The minimum Gasteiger partial charge on any atom is -0.346 e. The zero-order valence-electron chi connectivity index (χ0n) is 7.26. The van der Waals surface area contributed by atoms with Crippen molar-refractivity contribution in [3.63, 3.8) is 0 Å². The molecule has 0 heterocycles. The smallest absolute Gasteiger partial charge is 0.241 e. The number of carbonyl (C=O) groups is 2. The molecule has 0 bridgehead atoms. The van der Waals surface area contributed by atoms with Crippen molar-refractivity contribution in [2.75, 3.05) is 25.5 Å². The molecule has 1 N–H and O–H groups in total. The maximum atomic E-state index is 11.1. The van der Waals surface area contributed by atoms with Gasteiger partial charge in [-0.3, -0.25) is 9.59 Å². The van der Waals surface area contributed by atoms with Gasteiger partial charge in [0, 0.05) is 13.6 Å². The third kappa shape index (κ3) is 4.33. The number of alkyl halides is 1. The molecule has 0 atom stereocenters. The average molecular weight is 237 g/mol. The molecule has 0 aliphatic carbocycles. The molecule has 0 aliphatic rings. The summed E-state index contributed by atoms with van der Waals surface area (Å²) in [5, 5.41) is 2.70. The maximum Gasteiger partial charge on any atom is 0.241 e. The molecule has 4 nitrogen and oxygen atoms in total. The summed E-state index contributed by atoms with van der Waals surface area (Å²) in [6.45, 7) is 2.61. The molecular weight excluding hydrogens is 224 g/mol. The van der Waals surface area contributed by atoms with Gasteiger partial charge in [0.15, 0.2) is 0 Å². The highest BCUT2D eigenvalue weighted by molar-refractivity contribution is 9.09. The second kappa shape index (κ2) is 5.99. The van der Waals surface area contributed by atoms with Gasteiger partial charge in [-0.25, -0.2) is 0 Å². The van der Waals surface area contributed by atoms with E-state index in [-0.39, 0.29) is 23.7 Å². The first kappa shape index (κ1) is 11.4. The Labute approximate surface area is 80.4 Å². The van der Waals surface area contributed by atoms with Gasteiger partial charge < -0.3 is 10.2 Å². The van der Waals surface area contributed by atoms with E-state index in [1.54, 1.807) is 11.9 Å². The molecule has 0 radical (unpaired) electrons. The third-order valence-electron chi connectivity index (χ3n) is 1.46. The molecule has 0 saturated heterocycles. The van der Waals surface area contributed by atoms with Gasteiger partial charge in [0.05, 0.1) is 11.9 Å². The summed E-state index contributed by atoms with van der Waals surface area (Å²) in [6, 6.07) is 0. The number of nitrogens with zero attached hydrogens (tertiary/aromatic N) is 1. The predicted molar refractivity (Wildman–Crippen MR) is 50.1 cm³/mol. The monoisotopic (exact) mass is 236 g/mol. The molecule has 70 valence electrons. The molecule has 0 spiro atoms. The zero-order valence-corrected chi connectivity index (χ0v) is 8.85. The second-order valence-electron chi connectivity index (χ2n) is 2.32. The van der Waals surface area contributed by atoms with Gasteiger partial charge >= 0.3 is 0 Å². The van der Waals surface area contributed by atoms with E-state index in [1.807, 2.05) is 6.92 Å². The van der Waals surface area contributed by atoms with Crippen LogP contribution in [0.4, 0.5) is 0 Å². The summed E-state index contributed by atoms with van der Waals surface area (Å²) in [4.78, 5) is 23.3. The van der Waals surface area contributed by atoms with Crippen molar-refractivity contribution in [1.82, 2.24) is 10.2 Å². The lowest BCUT2D eigenvalue weighted by Gasteiger charge is -2.14. The number of likely N-dealkylation sites (N-methyl/N-ethyl adjacent to an activating group) is 1. The predicted octanol–water partition coefficient (Wildman–Crippen LogP) is -0.0242. The van der Waals surface area contributed by atoms with Crippen molar-refractivity contribution in [2.45, 2.75) is 6.92 Å². The van der Waals surface area contributed by atoms with Crippen molar-refractivity contribution in [1.29, 1.82) is 0 Å². The average Bonchev–Trinajstić information content (AvgIpc) is 2.11. The number of halogens is 1. The van der Waals surface area contributed by atoms with Gasteiger partial charge in [-0.15, -0.1) is 0 Å². The summed E-state index contributed by atoms with van der Waals surface area (Å²) in [5.41, 5.74) is 0. The van der Waals surface area contributed by atoms with E-state index in [0.29, 0.717) is 6.54 Å². The standard InChI is InChI=1S/C7H13BrN2O2/c1-3-10(2)7(12)5-9-6(11)4-8/h3-5H2,1-2H3,(H,9,11). The Kier molecular flexibility index (Phi) is 5.70. The summed E-state index contributed by atoms with van der Waals surface area (Å²) >= 11 is 2.98. The highest BCUT2D eigenvalue weighted by atomic mass is 79.9. The highest BCUT2D eigenvalue weighted by Gasteiger charge is 2.06. The zero-order chi connectivity index (χ0) is 9.56. The molecule has 0 fully saturated rings. The number of hydrogen-bond donors (Lipinski definition) is 1. The van der Waals surface area contributed by atoms with E-state index >= 15 is 0 Å². The van der Waals surface area contributed by atoms with Crippen LogP contribution in [-0.2, 0) is 9.59 Å².